The highest BCUT2D eigenvalue weighted by atomic mass is 32.1. The van der Waals surface area contributed by atoms with E-state index in [4.69, 9.17) is 5.11 Å². The van der Waals surface area contributed by atoms with E-state index in [9.17, 15) is 9.18 Å². The highest BCUT2D eigenvalue weighted by molar-refractivity contribution is 7.10. The SMILES string of the molecule is O=C(Cc1ccccc1F)NCc1sccc1C#CCO. The van der Waals surface area contributed by atoms with Crippen molar-refractivity contribution < 1.29 is 14.3 Å². The first-order valence-corrected chi connectivity index (χ1v) is 7.25. The Balaban J connectivity index is 1.93. The highest BCUT2D eigenvalue weighted by Gasteiger charge is 2.09. The fraction of sp³-hybridized carbons (Fsp3) is 0.188. The van der Waals surface area contributed by atoms with Crippen LogP contribution in [0.1, 0.15) is 16.0 Å². The molecule has 0 spiro atoms. The van der Waals surface area contributed by atoms with Gasteiger partial charge in [-0.25, -0.2) is 4.39 Å². The van der Waals surface area contributed by atoms with Crippen LogP contribution < -0.4 is 5.32 Å². The predicted molar refractivity (Wildman–Crippen MR) is 80.2 cm³/mol. The molecule has 0 fully saturated rings. The maximum atomic E-state index is 13.4. The molecule has 108 valence electrons. The quantitative estimate of drug-likeness (QED) is 0.850. The summed E-state index contributed by atoms with van der Waals surface area (Å²) < 4.78 is 13.4. The lowest BCUT2D eigenvalue weighted by atomic mass is 10.1. The van der Waals surface area contributed by atoms with E-state index in [1.54, 1.807) is 18.2 Å². The van der Waals surface area contributed by atoms with Crippen LogP contribution in [0.3, 0.4) is 0 Å². The number of thiophene rings is 1. The third-order valence-corrected chi connectivity index (χ3v) is 3.72. The molecule has 0 aliphatic heterocycles. The van der Waals surface area contributed by atoms with Gasteiger partial charge in [-0.05, 0) is 23.1 Å². The maximum absolute atomic E-state index is 13.4. The minimum absolute atomic E-state index is 0.00962. The van der Waals surface area contributed by atoms with Crippen molar-refractivity contribution in [2.75, 3.05) is 6.61 Å². The molecule has 0 aliphatic carbocycles. The van der Waals surface area contributed by atoms with E-state index in [1.165, 1.54) is 17.4 Å². The predicted octanol–water partition coefficient (Wildman–Crippen LogP) is 2.09. The molecule has 0 saturated heterocycles. The number of rotatable bonds is 4. The standard InChI is InChI=1S/C16H14FNO2S/c17-14-6-2-1-4-13(14)10-16(20)18-11-15-12(5-3-8-19)7-9-21-15/h1-2,4,6-7,9,19H,8,10-11H2,(H,18,20). The van der Waals surface area contributed by atoms with Gasteiger partial charge in [-0.15, -0.1) is 11.3 Å². The number of nitrogens with one attached hydrogen (secondary N) is 1. The smallest absolute Gasteiger partial charge is 0.224 e. The first-order chi connectivity index (χ1) is 10.2. The molecule has 5 heteroatoms. The first kappa shape index (κ1) is 15.2. The van der Waals surface area contributed by atoms with Crippen molar-refractivity contribution in [3.63, 3.8) is 0 Å². The highest BCUT2D eigenvalue weighted by Crippen LogP contribution is 2.15. The first-order valence-electron chi connectivity index (χ1n) is 6.37. The molecule has 1 aromatic carbocycles. The lowest BCUT2D eigenvalue weighted by Gasteiger charge is -2.05. The van der Waals surface area contributed by atoms with Crippen molar-refractivity contribution >= 4 is 17.2 Å². The largest absolute Gasteiger partial charge is 0.384 e. The zero-order valence-electron chi connectivity index (χ0n) is 11.2. The Hall–Kier alpha value is -2.16. The van der Waals surface area contributed by atoms with Gasteiger partial charge in [0.1, 0.15) is 12.4 Å². The van der Waals surface area contributed by atoms with Crippen molar-refractivity contribution in [3.8, 4) is 11.8 Å². The topological polar surface area (TPSA) is 49.3 Å². The fourth-order valence-corrected chi connectivity index (χ4v) is 2.55. The summed E-state index contributed by atoms with van der Waals surface area (Å²) in [7, 11) is 0. The Morgan fingerprint density at radius 2 is 2.14 bits per heavy atom. The number of aliphatic hydroxyl groups is 1. The Bertz CT molecular complexity index is 685. The third kappa shape index (κ3) is 4.42. The molecular weight excluding hydrogens is 289 g/mol. The summed E-state index contributed by atoms with van der Waals surface area (Å²) >= 11 is 1.48. The lowest BCUT2D eigenvalue weighted by molar-refractivity contribution is -0.120. The van der Waals surface area contributed by atoms with Crippen LogP contribution in [0.25, 0.3) is 0 Å². The van der Waals surface area contributed by atoms with Gasteiger partial charge in [-0.1, -0.05) is 30.0 Å². The summed E-state index contributed by atoms with van der Waals surface area (Å²) in [6.07, 6.45) is 0.00962. The van der Waals surface area contributed by atoms with E-state index in [2.05, 4.69) is 17.2 Å². The molecule has 3 nitrogen and oxygen atoms in total. The second-order valence-electron chi connectivity index (χ2n) is 4.26. The van der Waals surface area contributed by atoms with Crippen LogP contribution in [0, 0.1) is 17.7 Å². The number of hydrogen-bond donors (Lipinski definition) is 2. The van der Waals surface area contributed by atoms with Gasteiger partial charge >= 0.3 is 0 Å². The zero-order chi connectivity index (χ0) is 15.1. The molecule has 1 aromatic heterocycles. The Labute approximate surface area is 126 Å². The summed E-state index contributed by atoms with van der Waals surface area (Å²) in [6, 6.07) is 8.07. The van der Waals surface area contributed by atoms with Gasteiger partial charge in [0.15, 0.2) is 0 Å². The van der Waals surface area contributed by atoms with Gasteiger partial charge in [0.2, 0.25) is 5.91 Å². The minimum Gasteiger partial charge on any atom is -0.384 e. The summed E-state index contributed by atoms with van der Waals surface area (Å²) in [5.74, 6) is 4.78. The van der Waals surface area contributed by atoms with E-state index in [0.717, 1.165) is 10.4 Å². The van der Waals surface area contributed by atoms with Crippen LogP contribution in [-0.2, 0) is 17.8 Å². The Kier molecular flexibility index (Phi) is 5.50. The van der Waals surface area contributed by atoms with Crippen LogP contribution in [0.15, 0.2) is 35.7 Å². The maximum Gasteiger partial charge on any atom is 0.224 e. The van der Waals surface area contributed by atoms with Crippen molar-refractivity contribution in [2.45, 2.75) is 13.0 Å². The molecule has 0 saturated carbocycles. The van der Waals surface area contributed by atoms with Gasteiger partial charge in [-0.3, -0.25) is 4.79 Å². The number of hydrogen-bond acceptors (Lipinski definition) is 3. The average Bonchev–Trinajstić information content (AvgIpc) is 2.93. The van der Waals surface area contributed by atoms with Crippen molar-refractivity contribution in [2.24, 2.45) is 0 Å². The van der Waals surface area contributed by atoms with Crippen LogP contribution >= 0.6 is 11.3 Å². The molecule has 0 atom stereocenters. The molecular formula is C16H14FNO2S. The number of amides is 1. The van der Waals surface area contributed by atoms with Crippen LogP contribution in [0.5, 0.6) is 0 Å². The molecule has 0 radical (unpaired) electrons. The van der Waals surface area contributed by atoms with Crippen molar-refractivity contribution in [3.05, 3.63) is 57.5 Å². The van der Waals surface area contributed by atoms with Gasteiger partial charge in [0.05, 0.1) is 13.0 Å². The molecule has 2 N–H and O–H groups in total. The van der Waals surface area contributed by atoms with Gasteiger partial charge in [0, 0.05) is 10.4 Å². The van der Waals surface area contributed by atoms with E-state index in [0.29, 0.717) is 12.1 Å². The van der Waals surface area contributed by atoms with E-state index in [1.807, 2.05) is 11.4 Å². The Morgan fingerprint density at radius 1 is 1.33 bits per heavy atom. The van der Waals surface area contributed by atoms with E-state index < -0.39 is 0 Å². The minimum atomic E-state index is -0.377. The van der Waals surface area contributed by atoms with Gasteiger partial charge in [0.25, 0.3) is 0 Å². The number of aliphatic hydroxyl groups excluding tert-OH is 1. The molecule has 1 amide bonds. The normalized spacial score (nSPS) is 9.81. The molecule has 2 aromatic rings. The summed E-state index contributed by atoms with van der Waals surface area (Å²) in [6.45, 7) is 0.148. The molecule has 0 unspecified atom stereocenters. The fourth-order valence-electron chi connectivity index (χ4n) is 1.78. The summed E-state index contributed by atoms with van der Waals surface area (Å²) in [4.78, 5) is 12.8. The molecule has 1 heterocycles. The van der Waals surface area contributed by atoms with Crippen LogP contribution in [0.4, 0.5) is 4.39 Å². The van der Waals surface area contributed by atoms with Gasteiger partial charge in [-0.2, -0.15) is 0 Å². The summed E-state index contributed by atoms with van der Waals surface area (Å²) in [5, 5.41) is 13.3. The number of carbonyl (C=O) groups is 1. The van der Waals surface area contributed by atoms with E-state index in [-0.39, 0.29) is 24.8 Å². The molecule has 2 rings (SSSR count). The molecule has 21 heavy (non-hydrogen) atoms. The second kappa shape index (κ2) is 7.58. The Morgan fingerprint density at radius 3 is 2.90 bits per heavy atom. The number of benzene rings is 1. The van der Waals surface area contributed by atoms with Crippen molar-refractivity contribution in [1.29, 1.82) is 0 Å². The number of halogens is 1. The second-order valence-corrected chi connectivity index (χ2v) is 5.26. The molecule has 0 aliphatic rings. The average molecular weight is 303 g/mol. The third-order valence-electron chi connectivity index (χ3n) is 2.80. The van der Waals surface area contributed by atoms with E-state index >= 15 is 0 Å². The summed E-state index contributed by atoms with van der Waals surface area (Å²) in [5.41, 5.74) is 1.17. The molecule has 0 bridgehead atoms. The lowest BCUT2D eigenvalue weighted by Crippen LogP contribution is -2.24. The monoisotopic (exact) mass is 303 g/mol. The number of carbonyl (C=O) groups excluding carboxylic acids is 1. The zero-order valence-corrected chi connectivity index (χ0v) is 12.0. The van der Waals surface area contributed by atoms with Gasteiger partial charge < -0.3 is 10.4 Å². The van der Waals surface area contributed by atoms with Crippen LogP contribution in [0.2, 0.25) is 0 Å². The van der Waals surface area contributed by atoms with Crippen molar-refractivity contribution in [1.82, 2.24) is 5.32 Å². The van der Waals surface area contributed by atoms with Crippen LogP contribution in [-0.4, -0.2) is 17.6 Å².